The van der Waals surface area contributed by atoms with Crippen LogP contribution in [0.4, 0.5) is 0 Å². The fourth-order valence-electron chi connectivity index (χ4n) is 2.16. The Morgan fingerprint density at radius 2 is 1.88 bits per heavy atom. The molecule has 1 amide bonds. The third kappa shape index (κ3) is 3.98. The van der Waals surface area contributed by atoms with Gasteiger partial charge in [-0.05, 0) is 42.9 Å². The molecule has 0 fully saturated rings. The van der Waals surface area contributed by atoms with Crippen LogP contribution >= 0.6 is 0 Å². The van der Waals surface area contributed by atoms with Crippen molar-refractivity contribution in [2.75, 3.05) is 14.1 Å². The van der Waals surface area contributed by atoms with E-state index in [0.717, 1.165) is 5.56 Å². The molecule has 2 aromatic carbocycles. The lowest BCUT2D eigenvalue weighted by Crippen LogP contribution is -2.26. The Morgan fingerprint density at radius 1 is 1.21 bits per heavy atom. The fraction of sp³-hybridized carbons (Fsp3) is 0.176. The van der Waals surface area contributed by atoms with E-state index in [2.05, 4.69) is 4.72 Å². The molecule has 7 heteroatoms. The maximum atomic E-state index is 12.5. The summed E-state index contributed by atoms with van der Waals surface area (Å²) >= 11 is 0. The molecule has 24 heavy (non-hydrogen) atoms. The second-order valence-corrected chi connectivity index (χ2v) is 7.09. The summed E-state index contributed by atoms with van der Waals surface area (Å²) in [6.07, 6.45) is 0. The number of hydrogen-bond donors (Lipinski definition) is 1. The molecule has 1 N–H and O–H groups in total. The van der Waals surface area contributed by atoms with Crippen LogP contribution in [0.1, 0.15) is 21.5 Å². The van der Waals surface area contributed by atoms with E-state index in [4.69, 9.17) is 5.26 Å². The van der Waals surface area contributed by atoms with Gasteiger partial charge >= 0.3 is 0 Å². The van der Waals surface area contributed by atoms with Gasteiger partial charge in [-0.1, -0.05) is 18.2 Å². The molecule has 0 saturated heterocycles. The number of hydrogen-bond acceptors (Lipinski definition) is 4. The van der Waals surface area contributed by atoms with Crippen LogP contribution in [0.2, 0.25) is 0 Å². The molecule has 0 aliphatic heterocycles. The minimum absolute atomic E-state index is 0.0441. The number of sulfonamides is 1. The van der Waals surface area contributed by atoms with Crippen molar-refractivity contribution in [2.45, 2.75) is 11.4 Å². The van der Waals surface area contributed by atoms with E-state index >= 15 is 0 Å². The van der Waals surface area contributed by atoms with Gasteiger partial charge in [-0.2, -0.15) is 5.26 Å². The van der Waals surface area contributed by atoms with Gasteiger partial charge in [-0.3, -0.25) is 4.79 Å². The lowest BCUT2D eigenvalue weighted by Gasteiger charge is -2.18. The van der Waals surface area contributed by atoms with Gasteiger partial charge in [0.05, 0.1) is 16.5 Å². The lowest BCUT2D eigenvalue weighted by atomic mass is 10.1. The van der Waals surface area contributed by atoms with Crippen molar-refractivity contribution in [3.8, 4) is 6.07 Å². The summed E-state index contributed by atoms with van der Waals surface area (Å²) in [6, 6.07) is 14.9. The van der Waals surface area contributed by atoms with Crippen molar-refractivity contribution >= 4 is 15.9 Å². The minimum Gasteiger partial charge on any atom is -0.337 e. The van der Waals surface area contributed by atoms with E-state index in [1.54, 1.807) is 37.4 Å². The number of nitrogens with one attached hydrogen (secondary N) is 1. The van der Waals surface area contributed by atoms with E-state index in [-0.39, 0.29) is 10.8 Å². The normalized spacial score (nSPS) is 10.9. The zero-order valence-electron chi connectivity index (χ0n) is 13.4. The minimum atomic E-state index is -3.60. The molecule has 0 atom stereocenters. The molecule has 0 aliphatic carbocycles. The summed E-state index contributed by atoms with van der Waals surface area (Å²) < 4.78 is 25.9. The first-order valence-corrected chi connectivity index (χ1v) is 8.64. The summed E-state index contributed by atoms with van der Waals surface area (Å²) in [5.41, 5.74) is 1.73. The van der Waals surface area contributed by atoms with Crippen LogP contribution in [0, 0.1) is 11.3 Å². The highest BCUT2D eigenvalue weighted by atomic mass is 32.2. The second kappa shape index (κ2) is 7.25. The maximum absolute atomic E-state index is 12.5. The first-order valence-electron chi connectivity index (χ1n) is 7.15. The number of carbonyl (C=O) groups is 1. The van der Waals surface area contributed by atoms with Gasteiger partial charge < -0.3 is 4.90 Å². The third-order valence-electron chi connectivity index (χ3n) is 3.51. The molecule has 0 heterocycles. The Morgan fingerprint density at radius 3 is 2.46 bits per heavy atom. The summed E-state index contributed by atoms with van der Waals surface area (Å²) in [5.74, 6) is -0.285. The lowest BCUT2D eigenvalue weighted by molar-refractivity contribution is 0.0785. The number of benzene rings is 2. The number of carbonyl (C=O) groups excluding carboxylic acids is 1. The largest absolute Gasteiger partial charge is 0.337 e. The van der Waals surface area contributed by atoms with Crippen LogP contribution in [-0.2, 0) is 16.6 Å². The quantitative estimate of drug-likeness (QED) is 0.895. The zero-order chi connectivity index (χ0) is 17.7. The molecule has 0 saturated carbocycles. The number of nitriles is 1. The molecule has 6 nitrogen and oxygen atoms in total. The first-order chi connectivity index (χ1) is 11.4. The van der Waals surface area contributed by atoms with Gasteiger partial charge in [-0.15, -0.1) is 0 Å². The molecule has 2 aromatic rings. The molecular weight excluding hydrogens is 326 g/mol. The molecule has 124 valence electrons. The predicted octanol–water partition coefficient (Wildman–Crippen LogP) is 1.74. The van der Waals surface area contributed by atoms with Crippen LogP contribution in [0.25, 0.3) is 0 Å². The Balaban J connectivity index is 2.18. The van der Waals surface area contributed by atoms with Gasteiger partial charge in [0.15, 0.2) is 0 Å². The zero-order valence-corrected chi connectivity index (χ0v) is 14.2. The highest BCUT2D eigenvalue weighted by molar-refractivity contribution is 7.89. The van der Waals surface area contributed by atoms with Crippen molar-refractivity contribution in [3.05, 3.63) is 65.2 Å². The molecular formula is C17H17N3O3S. The summed E-state index contributed by atoms with van der Waals surface area (Å²) in [4.78, 5) is 14.0. The summed E-state index contributed by atoms with van der Waals surface area (Å²) in [7, 11) is -0.639. The number of rotatable bonds is 5. The van der Waals surface area contributed by atoms with Crippen molar-refractivity contribution in [3.63, 3.8) is 0 Å². The fourth-order valence-corrected chi connectivity index (χ4v) is 2.94. The summed E-state index contributed by atoms with van der Waals surface area (Å²) in [5, 5.41) is 8.79. The average molecular weight is 343 g/mol. The van der Waals surface area contributed by atoms with Crippen molar-refractivity contribution in [2.24, 2.45) is 0 Å². The molecule has 0 aromatic heterocycles. The van der Waals surface area contributed by atoms with E-state index in [9.17, 15) is 13.2 Å². The van der Waals surface area contributed by atoms with Gasteiger partial charge in [0.2, 0.25) is 10.0 Å². The number of nitrogens with zero attached hydrogens (tertiary/aromatic N) is 2. The van der Waals surface area contributed by atoms with E-state index in [1.165, 1.54) is 30.1 Å². The van der Waals surface area contributed by atoms with E-state index in [1.807, 2.05) is 6.07 Å². The SMILES string of the molecule is CNS(=O)(=O)c1cccc(C(=O)N(C)Cc2ccc(C#N)cc2)c1. The Hall–Kier alpha value is -2.69. The van der Waals surface area contributed by atoms with Crippen molar-refractivity contribution in [1.29, 1.82) is 5.26 Å². The van der Waals surface area contributed by atoms with Crippen molar-refractivity contribution < 1.29 is 13.2 Å². The monoisotopic (exact) mass is 343 g/mol. The Kier molecular flexibility index (Phi) is 5.34. The second-order valence-electron chi connectivity index (χ2n) is 5.21. The van der Waals surface area contributed by atoms with Crippen LogP contribution in [0.5, 0.6) is 0 Å². The van der Waals surface area contributed by atoms with Gasteiger partial charge in [-0.25, -0.2) is 13.1 Å². The van der Waals surface area contributed by atoms with E-state index < -0.39 is 10.0 Å². The first kappa shape index (κ1) is 17.7. The molecule has 2 rings (SSSR count). The highest BCUT2D eigenvalue weighted by Crippen LogP contribution is 2.14. The Bertz CT molecular complexity index is 884. The third-order valence-corrected chi connectivity index (χ3v) is 4.92. The van der Waals surface area contributed by atoms with Gasteiger partial charge in [0.1, 0.15) is 0 Å². The molecule has 0 bridgehead atoms. The Labute approximate surface area is 141 Å². The standard InChI is InChI=1S/C17H17N3O3S/c1-19-24(22,23)16-5-3-4-15(10-16)17(21)20(2)12-14-8-6-13(11-18)7-9-14/h3-10,19H,12H2,1-2H3. The molecule has 0 aliphatic rings. The summed E-state index contributed by atoms with van der Waals surface area (Å²) in [6.45, 7) is 0.355. The predicted molar refractivity (Wildman–Crippen MR) is 89.6 cm³/mol. The topological polar surface area (TPSA) is 90.3 Å². The molecule has 0 spiro atoms. The number of amides is 1. The molecule has 0 radical (unpaired) electrons. The molecule has 0 unspecified atom stereocenters. The highest BCUT2D eigenvalue weighted by Gasteiger charge is 2.16. The maximum Gasteiger partial charge on any atom is 0.253 e. The average Bonchev–Trinajstić information content (AvgIpc) is 2.61. The van der Waals surface area contributed by atoms with Crippen molar-refractivity contribution in [1.82, 2.24) is 9.62 Å². The van der Waals surface area contributed by atoms with Crippen LogP contribution in [0.15, 0.2) is 53.4 Å². The van der Waals surface area contributed by atoms with Gasteiger partial charge in [0, 0.05) is 19.2 Å². The van der Waals surface area contributed by atoms with Crippen LogP contribution < -0.4 is 4.72 Å². The van der Waals surface area contributed by atoms with Crippen LogP contribution in [-0.4, -0.2) is 33.3 Å². The van der Waals surface area contributed by atoms with Crippen LogP contribution in [0.3, 0.4) is 0 Å². The van der Waals surface area contributed by atoms with Gasteiger partial charge in [0.25, 0.3) is 5.91 Å². The van der Waals surface area contributed by atoms with E-state index in [0.29, 0.717) is 17.7 Å². The smallest absolute Gasteiger partial charge is 0.253 e.